The van der Waals surface area contributed by atoms with Crippen LogP contribution in [-0.4, -0.2) is 19.1 Å². The highest BCUT2D eigenvalue weighted by Crippen LogP contribution is 2.42. The Bertz CT molecular complexity index is 3910. The first kappa shape index (κ1) is 32.9. The zero-order valence-corrected chi connectivity index (χ0v) is 32.4. The number of para-hydroxylation sites is 3. The monoisotopic (exact) mass is 762 g/mol. The molecule has 0 N–H and O–H groups in total. The summed E-state index contributed by atoms with van der Waals surface area (Å²) in [7, 11) is 0. The molecular formula is C56H34N4. The maximum atomic E-state index is 5.50. The standard InChI is InChI=1S/C56H34N4/c1-2-14-37-30-41(25-24-35(37)12-1)38-17-11-18-42(31-38)55-56(58-49-22-9-8-21-48(49)57-55)60-51-29-27-43(34-47(51)54-44-19-6-5-13-36(44)26-28-52(54)60)59-50-23-10-7-20-45(50)46-32-39-15-3-4-16-40(39)33-53(46)59/h1-34H. The lowest BCUT2D eigenvalue weighted by molar-refractivity contribution is 1.08. The second-order valence-electron chi connectivity index (χ2n) is 15.8. The SMILES string of the molecule is c1cc(-c2ccc3ccccc3c2)cc(-c2nc3ccccc3nc2-n2c3ccc(-n4c5ccccc5c5cc6ccccc6cc54)cc3c3c4ccccc4ccc32)c1. The second kappa shape index (κ2) is 12.7. The summed E-state index contributed by atoms with van der Waals surface area (Å²) in [6.07, 6.45) is 0. The van der Waals surface area contributed by atoms with Gasteiger partial charge in [-0.25, -0.2) is 9.97 Å². The maximum Gasteiger partial charge on any atom is 0.165 e. The van der Waals surface area contributed by atoms with E-state index in [1.54, 1.807) is 0 Å². The molecule has 0 spiro atoms. The lowest BCUT2D eigenvalue weighted by atomic mass is 9.98. The number of fused-ring (bicyclic) bond motifs is 11. The van der Waals surface area contributed by atoms with Crippen molar-refractivity contribution >= 4 is 87.0 Å². The highest BCUT2D eigenvalue weighted by molar-refractivity contribution is 6.22. The molecule has 3 heterocycles. The van der Waals surface area contributed by atoms with Gasteiger partial charge in [-0.3, -0.25) is 4.57 Å². The van der Waals surface area contributed by atoms with Gasteiger partial charge >= 0.3 is 0 Å². The predicted octanol–water partition coefficient (Wildman–Crippen LogP) is 14.6. The van der Waals surface area contributed by atoms with Crippen molar-refractivity contribution < 1.29 is 0 Å². The summed E-state index contributed by atoms with van der Waals surface area (Å²) < 4.78 is 4.78. The van der Waals surface area contributed by atoms with Crippen molar-refractivity contribution in [3.8, 4) is 33.9 Å². The van der Waals surface area contributed by atoms with Crippen LogP contribution in [0.25, 0.3) is 121 Å². The molecule has 0 bridgehead atoms. The van der Waals surface area contributed by atoms with Crippen LogP contribution in [0, 0.1) is 0 Å². The van der Waals surface area contributed by atoms with Crippen LogP contribution in [0.2, 0.25) is 0 Å². The molecular weight excluding hydrogens is 729 g/mol. The van der Waals surface area contributed by atoms with Gasteiger partial charge in [-0.15, -0.1) is 0 Å². The first-order valence-electron chi connectivity index (χ1n) is 20.5. The lowest BCUT2D eigenvalue weighted by Gasteiger charge is -2.15. The summed E-state index contributed by atoms with van der Waals surface area (Å²) in [4.78, 5) is 10.9. The van der Waals surface area contributed by atoms with E-state index in [9.17, 15) is 0 Å². The molecule has 13 aromatic rings. The minimum atomic E-state index is 0.802. The smallest absolute Gasteiger partial charge is 0.165 e. The van der Waals surface area contributed by atoms with Crippen molar-refractivity contribution in [2.24, 2.45) is 0 Å². The molecule has 0 unspecified atom stereocenters. The normalized spacial score (nSPS) is 12.0. The second-order valence-corrected chi connectivity index (χ2v) is 15.8. The first-order chi connectivity index (χ1) is 29.7. The Labute approximate surface area is 344 Å². The topological polar surface area (TPSA) is 35.6 Å². The summed E-state index contributed by atoms with van der Waals surface area (Å²) in [5, 5.41) is 12.2. The van der Waals surface area contributed by atoms with Crippen molar-refractivity contribution in [1.29, 1.82) is 0 Å². The van der Waals surface area contributed by atoms with Gasteiger partial charge in [-0.1, -0.05) is 140 Å². The zero-order chi connectivity index (χ0) is 39.3. The largest absolute Gasteiger partial charge is 0.309 e. The van der Waals surface area contributed by atoms with E-state index in [0.29, 0.717) is 0 Å². The number of rotatable bonds is 4. The van der Waals surface area contributed by atoms with Gasteiger partial charge in [-0.05, 0) is 110 Å². The van der Waals surface area contributed by atoms with E-state index in [-0.39, 0.29) is 0 Å². The molecule has 0 fully saturated rings. The molecule has 0 radical (unpaired) electrons. The Hall–Kier alpha value is -8.08. The first-order valence-corrected chi connectivity index (χ1v) is 20.5. The van der Waals surface area contributed by atoms with Gasteiger partial charge in [0.15, 0.2) is 5.82 Å². The molecule has 0 amide bonds. The summed E-state index contributed by atoms with van der Waals surface area (Å²) in [6, 6.07) is 74.5. The molecule has 278 valence electrons. The van der Waals surface area contributed by atoms with Gasteiger partial charge in [0.25, 0.3) is 0 Å². The van der Waals surface area contributed by atoms with Crippen LogP contribution < -0.4 is 0 Å². The van der Waals surface area contributed by atoms with Gasteiger partial charge in [0.1, 0.15) is 5.69 Å². The van der Waals surface area contributed by atoms with Gasteiger partial charge in [0, 0.05) is 32.8 Å². The molecule has 4 nitrogen and oxygen atoms in total. The highest BCUT2D eigenvalue weighted by Gasteiger charge is 2.22. The third kappa shape index (κ3) is 4.91. The minimum absolute atomic E-state index is 0.802. The van der Waals surface area contributed by atoms with E-state index in [1.807, 2.05) is 12.1 Å². The van der Waals surface area contributed by atoms with Crippen LogP contribution in [0.4, 0.5) is 0 Å². The van der Waals surface area contributed by atoms with Gasteiger partial charge in [0.05, 0.1) is 33.1 Å². The number of aromatic nitrogens is 4. The minimum Gasteiger partial charge on any atom is -0.309 e. The summed E-state index contributed by atoms with van der Waals surface area (Å²) in [5.74, 6) is 0.802. The molecule has 3 aromatic heterocycles. The van der Waals surface area contributed by atoms with Crippen LogP contribution in [0.1, 0.15) is 0 Å². The molecule has 4 heteroatoms. The van der Waals surface area contributed by atoms with Gasteiger partial charge in [0.2, 0.25) is 0 Å². The average molecular weight is 763 g/mol. The van der Waals surface area contributed by atoms with E-state index < -0.39 is 0 Å². The number of hydrogen-bond donors (Lipinski definition) is 0. The lowest BCUT2D eigenvalue weighted by Crippen LogP contribution is -2.04. The molecule has 0 saturated carbocycles. The fraction of sp³-hybridized carbons (Fsp3) is 0. The van der Waals surface area contributed by atoms with E-state index in [1.165, 1.54) is 65.1 Å². The zero-order valence-electron chi connectivity index (χ0n) is 32.4. The Kier molecular flexibility index (Phi) is 6.98. The summed E-state index contributed by atoms with van der Waals surface area (Å²) in [6.45, 7) is 0. The fourth-order valence-corrected chi connectivity index (χ4v) is 9.63. The van der Waals surface area contributed by atoms with E-state index in [0.717, 1.165) is 55.8 Å². The number of benzene rings is 10. The fourth-order valence-electron chi connectivity index (χ4n) is 9.63. The third-order valence-corrected chi connectivity index (χ3v) is 12.4. The van der Waals surface area contributed by atoms with Crippen LogP contribution in [0.5, 0.6) is 0 Å². The molecule has 0 saturated heterocycles. The Morgan fingerprint density at radius 3 is 1.77 bits per heavy atom. The van der Waals surface area contributed by atoms with Crippen molar-refractivity contribution in [1.82, 2.24) is 19.1 Å². The van der Waals surface area contributed by atoms with E-state index >= 15 is 0 Å². The molecule has 0 aliphatic carbocycles. The average Bonchev–Trinajstić information content (AvgIpc) is 3.82. The van der Waals surface area contributed by atoms with Crippen molar-refractivity contribution in [2.75, 3.05) is 0 Å². The maximum absolute atomic E-state index is 5.50. The van der Waals surface area contributed by atoms with Gasteiger partial charge in [-0.2, -0.15) is 0 Å². The van der Waals surface area contributed by atoms with Crippen molar-refractivity contribution in [2.45, 2.75) is 0 Å². The van der Waals surface area contributed by atoms with Crippen LogP contribution in [0.3, 0.4) is 0 Å². The molecule has 10 aromatic carbocycles. The van der Waals surface area contributed by atoms with Crippen LogP contribution in [-0.2, 0) is 0 Å². The molecule has 0 aliphatic rings. The van der Waals surface area contributed by atoms with E-state index in [2.05, 4.69) is 203 Å². The summed E-state index contributed by atoms with van der Waals surface area (Å²) in [5.41, 5.74) is 11.5. The molecule has 0 atom stereocenters. The number of nitrogens with zero attached hydrogens (tertiary/aromatic N) is 4. The molecule has 60 heavy (non-hydrogen) atoms. The van der Waals surface area contributed by atoms with Crippen LogP contribution in [0.15, 0.2) is 206 Å². The predicted molar refractivity (Wildman–Crippen MR) is 252 cm³/mol. The third-order valence-electron chi connectivity index (χ3n) is 12.4. The molecule has 0 aliphatic heterocycles. The number of hydrogen-bond acceptors (Lipinski definition) is 2. The Morgan fingerprint density at radius 2 is 0.917 bits per heavy atom. The van der Waals surface area contributed by atoms with Crippen LogP contribution >= 0.6 is 0 Å². The van der Waals surface area contributed by atoms with Crippen molar-refractivity contribution in [3.05, 3.63) is 206 Å². The quantitative estimate of drug-likeness (QED) is 0.179. The highest BCUT2D eigenvalue weighted by atomic mass is 15.1. The molecule has 13 rings (SSSR count). The Balaban J connectivity index is 1.10. The van der Waals surface area contributed by atoms with E-state index in [4.69, 9.17) is 9.97 Å². The van der Waals surface area contributed by atoms with Gasteiger partial charge < -0.3 is 4.57 Å². The van der Waals surface area contributed by atoms with Crippen molar-refractivity contribution in [3.63, 3.8) is 0 Å². The summed E-state index contributed by atoms with van der Waals surface area (Å²) >= 11 is 0. The Morgan fingerprint density at radius 1 is 0.300 bits per heavy atom.